The van der Waals surface area contributed by atoms with Crippen molar-refractivity contribution in [1.82, 2.24) is 10.2 Å². The van der Waals surface area contributed by atoms with Crippen LogP contribution in [0.3, 0.4) is 0 Å². The van der Waals surface area contributed by atoms with Gasteiger partial charge in [-0.2, -0.15) is 0 Å². The second kappa shape index (κ2) is 7.52. The van der Waals surface area contributed by atoms with Crippen LogP contribution in [0.5, 0.6) is 0 Å². The monoisotopic (exact) mass is 311 g/mol. The third kappa shape index (κ3) is 4.02. The van der Waals surface area contributed by atoms with Gasteiger partial charge in [-0.15, -0.1) is 0 Å². The first-order valence-electron chi connectivity index (χ1n) is 7.25. The van der Waals surface area contributed by atoms with Crippen molar-refractivity contribution in [2.24, 2.45) is 0 Å². The molecule has 1 N–H and O–H groups in total. The number of hydrogen-bond donors (Lipinski definition) is 1. The molecule has 1 fully saturated rings. The maximum atomic E-state index is 11.7. The summed E-state index contributed by atoms with van der Waals surface area (Å²) in [4.78, 5) is 15.8. The lowest BCUT2D eigenvalue weighted by molar-refractivity contribution is 0.105. The van der Waals surface area contributed by atoms with Crippen LogP contribution >= 0.6 is 11.6 Å². The summed E-state index contributed by atoms with van der Waals surface area (Å²) < 4.78 is 5.04. The molecular weight excluding hydrogens is 290 g/mol. The number of rotatable bonds is 4. The van der Waals surface area contributed by atoms with E-state index < -0.39 is 0 Å². The summed E-state index contributed by atoms with van der Waals surface area (Å²) in [5.41, 5.74) is 2.35. The summed E-state index contributed by atoms with van der Waals surface area (Å²) in [7, 11) is 1.92. The molecule has 1 aliphatic heterocycles. The number of halogens is 1. The molecule has 116 valence electrons. The average Bonchev–Trinajstić information content (AvgIpc) is 2.48. The van der Waals surface area contributed by atoms with Crippen molar-refractivity contribution in [3.05, 3.63) is 28.8 Å². The molecule has 5 nitrogen and oxygen atoms in total. The fraction of sp³-hybridized carbons (Fsp3) is 0.533. The highest BCUT2D eigenvalue weighted by atomic mass is 35.5. The third-order valence-corrected chi connectivity index (χ3v) is 3.79. The van der Waals surface area contributed by atoms with E-state index in [-0.39, 0.29) is 6.09 Å². The molecular formula is C15H22ClN3O2. The maximum absolute atomic E-state index is 11.7. The maximum Gasteiger partial charge on any atom is 0.409 e. The first-order chi connectivity index (χ1) is 10.2. The van der Waals surface area contributed by atoms with Gasteiger partial charge in [0.1, 0.15) is 0 Å². The Labute approximate surface area is 130 Å². The van der Waals surface area contributed by atoms with Crippen molar-refractivity contribution in [3.63, 3.8) is 0 Å². The molecule has 0 saturated carbocycles. The molecule has 0 unspecified atom stereocenters. The number of anilines is 1. The molecule has 0 spiro atoms. The molecule has 1 aromatic rings. The zero-order valence-corrected chi connectivity index (χ0v) is 13.3. The Hall–Kier alpha value is -1.46. The van der Waals surface area contributed by atoms with Crippen LogP contribution in [0.4, 0.5) is 10.5 Å². The van der Waals surface area contributed by atoms with Crippen molar-refractivity contribution in [2.45, 2.75) is 13.5 Å². The van der Waals surface area contributed by atoms with Crippen LogP contribution < -0.4 is 10.2 Å². The molecule has 1 aromatic carbocycles. The molecule has 1 amide bonds. The van der Waals surface area contributed by atoms with E-state index in [0.29, 0.717) is 19.7 Å². The van der Waals surface area contributed by atoms with E-state index in [9.17, 15) is 4.79 Å². The average molecular weight is 312 g/mol. The molecule has 6 heteroatoms. The third-order valence-electron chi connectivity index (χ3n) is 3.56. The van der Waals surface area contributed by atoms with Gasteiger partial charge in [0, 0.05) is 43.4 Å². The number of benzene rings is 1. The highest BCUT2D eigenvalue weighted by Gasteiger charge is 2.23. The van der Waals surface area contributed by atoms with Gasteiger partial charge in [0.05, 0.1) is 6.61 Å². The van der Waals surface area contributed by atoms with Crippen molar-refractivity contribution < 1.29 is 9.53 Å². The standard InChI is InChI=1S/C15H22ClN3O2/c1-3-21-15(20)19-8-6-18(7-9-19)14-5-4-13(16)10-12(14)11-17-2/h4-5,10,17H,3,6-9,11H2,1-2H3. The SMILES string of the molecule is CCOC(=O)N1CCN(c2ccc(Cl)cc2CNC)CC1. The molecule has 0 atom stereocenters. The van der Waals surface area contributed by atoms with E-state index >= 15 is 0 Å². The zero-order chi connectivity index (χ0) is 15.2. The summed E-state index contributed by atoms with van der Waals surface area (Å²) in [5.74, 6) is 0. The van der Waals surface area contributed by atoms with Gasteiger partial charge in [-0.1, -0.05) is 11.6 Å². The number of ether oxygens (including phenoxy) is 1. The van der Waals surface area contributed by atoms with Crippen LogP contribution in [0.1, 0.15) is 12.5 Å². The van der Waals surface area contributed by atoms with Crippen LogP contribution in [-0.4, -0.2) is 50.8 Å². The predicted octanol–water partition coefficient (Wildman–Crippen LogP) is 2.34. The lowest BCUT2D eigenvalue weighted by Crippen LogP contribution is -2.49. The molecule has 2 rings (SSSR count). The van der Waals surface area contributed by atoms with Gasteiger partial charge < -0.3 is 19.9 Å². The Balaban J connectivity index is 2.03. The largest absolute Gasteiger partial charge is 0.450 e. The normalized spacial score (nSPS) is 15.2. The summed E-state index contributed by atoms with van der Waals surface area (Å²) in [6, 6.07) is 5.95. The molecule has 0 aliphatic carbocycles. The van der Waals surface area contributed by atoms with Crippen molar-refractivity contribution in [2.75, 3.05) is 44.7 Å². The van der Waals surface area contributed by atoms with Crippen LogP contribution in [0.25, 0.3) is 0 Å². The highest BCUT2D eigenvalue weighted by Crippen LogP contribution is 2.25. The van der Waals surface area contributed by atoms with Crippen LogP contribution in [0.15, 0.2) is 18.2 Å². The number of carbonyl (C=O) groups excluding carboxylic acids is 1. The van der Waals surface area contributed by atoms with Gasteiger partial charge in [-0.3, -0.25) is 0 Å². The number of nitrogens with zero attached hydrogens (tertiary/aromatic N) is 2. The summed E-state index contributed by atoms with van der Waals surface area (Å²) in [5, 5.41) is 3.91. The van der Waals surface area contributed by atoms with Crippen molar-refractivity contribution >= 4 is 23.4 Å². The minimum Gasteiger partial charge on any atom is -0.450 e. The smallest absolute Gasteiger partial charge is 0.409 e. The minimum absolute atomic E-state index is 0.219. The molecule has 1 saturated heterocycles. The van der Waals surface area contributed by atoms with Crippen molar-refractivity contribution in [1.29, 1.82) is 0 Å². The lowest BCUT2D eigenvalue weighted by Gasteiger charge is -2.36. The summed E-state index contributed by atoms with van der Waals surface area (Å²) in [6.07, 6.45) is -0.219. The lowest BCUT2D eigenvalue weighted by atomic mass is 10.1. The van der Waals surface area contributed by atoms with E-state index in [1.165, 1.54) is 11.3 Å². The van der Waals surface area contributed by atoms with Gasteiger partial charge in [-0.25, -0.2) is 4.79 Å². The number of carbonyl (C=O) groups is 1. The van der Waals surface area contributed by atoms with E-state index in [1.54, 1.807) is 4.90 Å². The van der Waals surface area contributed by atoms with Gasteiger partial charge in [-0.05, 0) is 37.7 Å². The zero-order valence-electron chi connectivity index (χ0n) is 12.6. The van der Waals surface area contributed by atoms with Gasteiger partial charge in [0.15, 0.2) is 0 Å². The number of amides is 1. The van der Waals surface area contributed by atoms with E-state index in [1.807, 2.05) is 26.1 Å². The summed E-state index contributed by atoms with van der Waals surface area (Å²) >= 11 is 6.08. The fourth-order valence-corrected chi connectivity index (χ4v) is 2.73. The van der Waals surface area contributed by atoms with Crippen LogP contribution in [0, 0.1) is 0 Å². The molecule has 0 bridgehead atoms. The Kier molecular flexibility index (Phi) is 5.70. The van der Waals surface area contributed by atoms with Crippen molar-refractivity contribution in [3.8, 4) is 0 Å². The molecule has 1 aliphatic rings. The molecule has 21 heavy (non-hydrogen) atoms. The van der Waals surface area contributed by atoms with Gasteiger partial charge in [0.25, 0.3) is 0 Å². The first kappa shape index (κ1) is 15.9. The second-order valence-electron chi connectivity index (χ2n) is 4.98. The predicted molar refractivity (Wildman–Crippen MR) is 85.0 cm³/mol. The Morgan fingerprint density at radius 3 is 2.67 bits per heavy atom. The Morgan fingerprint density at radius 2 is 2.05 bits per heavy atom. The molecule has 1 heterocycles. The quantitative estimate of drug-likeness (QED) is 0.927. The fourth-order valence-electron chi connectivity index (χ4n) is 2.54. The molecule has 0 aromatic heterocycles. The molecule has 0 radical (unpaired) electrons. The van der Waals surface area contributed by atoms with Gasteiger partial charge in [0.2, 0.25) is 0 Å². The summed E-state index contributed by atoms with van der Waals surface area (Å²) in [6.45, 7) is 5.98. The second-order valence-corrected chi connectivity index (χ2v) is 5.41. The minimum atomic E-state index is -0.219. The van der Waals surface area contributed by atoms with E-state index in [0.717, 1.165) is 24.7 Å². The van der Waals surface area contributed by atoms with E-state index in [2.05, 4.69) is 16.3 Å². The number of piperazine rings is 1. The first-order valence-corrected chi connectivity index (χ1v) is 7.63. The van der Waals surface area contributed by atoms with Crippen LogP contribution in [0.2, 0.25) is 5.02 Å². The number of hydrogen-bond acceptors (Lipinski definition) is 4. The Bertz CT molecular complexity index is 488. The number of nitrogens with one attached hydrogen (secondary N) is 1. The van der Waals surface area contributed by atoms with Gasteiger partial charge >= 0.3 is 6.09 Å². The highest BCUT2D eigenvalue weighted by molar-refractivity contribution is 6.30. The Morgan fingerprint density at radius 1 is 1.33 bits per heavy atom. The van der Waals surface area contributed by atoms with Crippen LogP contribution in [-0.2, 0) is 11.3 Å². The van der Waals surface area contributed by atoms with E-state index in [4.69, 9.17) is 16.3 Å². The topological polar surface area (TPSA) is 44.8 Å².